The van der Waals surface area contributed by atoms with E-state index in [2.05, 4.69) is 5.32 Å². The monoisotopic (exact) mass is 512 g/mol. The number of imide groups is 1. The van der Waals surface area contributed by atoms with Gasteiger partial charge in [0.1, 0.15) is 28.7 Å². The Bertz CT molecular complexity index is 1310. The summed E-state index contributed by atoms with van der Waals surface area (Å²) in [6.45, 7) is 4.89. The summed E-state index contributed by atoms with van der Waals surface area (Å²) in [4.78, 5) is 24.5. The lowest BCUT2D eigenvalue weighted by Gasteiger charge is -2.19. The summed E-state index contributed by atoms with van der Waals surface area (Å²) in [7, 11) is 0. The van der Waals surface area contributed by atoms with Crippen LogP contribution in [0.2, 0.25) is 5.02 Å². The van der Waals surface area contributed by atoms with Crippen LogP contribution in [0, 0.1) is 32.4 Å². The van der Waals surface area contributed by atoms with Gasteiger partial charge in [-0.2, -0.15) is 13.2 Å². The first-order valence-corrected chi connectivity index (χ1v) is 10.4. The Balaban J connectivity index is 1.81. The molecule has 2 N–H and O–H groups in total. The number of urea groups is 1. The lowest BCUT2D eigenvalue weighted by molar-refractivity contribution is -0.137. The third-order valence-electron chi connectivity index (χ3n) is 5.18. The van der Waals surface area contributed by atoms with Gasteiger partial charge in [0.15, 0.2) is 0 Å². The molecule has 0 heterocycles. The summed E-state index contributed by atoms with van der Waals surface area (Å²) >= 11 is 5.96. The molecule has 3 amide bonds. The number of rotatable bonds is 4. The number of nitrogens with one attached hydrogen (secondary N) is 2. The summed E-state index contributed by atoms with van der Waals surface area (Å²) in [5, 5.41) is 4.09. The molecular formula is C24H18ClF5N2O3. The number of carbonyl (C=O) groups is 2. The number of carbonyl (C=O) groups excluding carboxylic acids is 2. The van der Waals surface area contributed by atoms with Crippen LogP contribution in [0.3, 0.4) is 0 Å². The van der Waals surface area contributed by atoms with Crippen molar-refractivity contribution in [2.75, 3.05) is 5.32 Å². The number of ether oxygens (including phenoxy) is 1. The Morgan fingerprint density at radius 3 is 2.11 bits per heavy atom. The number of hydrogen-bond donors (Lipinski definition) is 2. The Kier molecular flexibility index (Phi) is 7.35. The van der Waals surface area contributed by atoms with E-state index >= 15 is 0 Å². The van der Waals surface area contributed by atoms with Crippen LogP contribution in [-0.4, -0.2) is 11.9 Å². The lowest BCUT2D eigenvalue weighted by atomic mass is 10.0. The molecule has 5 nitrogen and oxygen atoms in total. The van der Waals surface area contributed by atoms with Gasteiger partial charge in [0.2, 0.25) is 0 Å². The van der Waals surface area contributed by atoms with E-state index in [1.54, 1.807) is 20.8 Å². The molecule has 0 saturated carbocycles. The minimum Gasteiger partial charge on any atom is -0.456 e. The average molecular weight is 513 g/mol. The molecule has 11 heteroatoms. The normalized spacial score (nSPS) is 11.2. The molecule has 0 fully saturated rings. The highest BCUT2D eigenvalue weighted by atomic mass is 35.5. The maximum absolute atomic E-state index is 13.8. The first-order valence-electron chi connectivity index (χ1n) is 10.0. The molecule has 0 spiro atoms. The van der Waals surface area contributed by atoms with E-state index in [4.69, 9.17) is 16.3 Å². The molecule has 0 aromatic heterocycles. The molecule has 3 aromatic rings. The Morgan fingerprint density at radius 1 is 0.914 bits per heavy atom. The first kappa shape index (κ1) is 26.0. The van der Waals surface area contributed by atoms with Crippen molar-refractivity contribution in [3.63, 3.8) is 0 Å². The van der Waals surface area contributed by atoms with Gasteiger partial charge in [0, 0.05) is 5.69 Å². The van der Waals surface area contributed by atoms with Crippen LogP contribution in [0.4, 0.5) is 32.4 Å². The van der Waals surface area contributed by atoms with Crippen molar-refractivity contribution < 1.29 is 36.3 Å². The largest absolute Gasteiger partial charge is 0.456 e. The van der Waals surface area contributed by atoms with Crippen molar-refractivity contribution in [3.05, 3.63) is 86.9 Å². The standard InChI is InChI=1S/C24H18ClF5N2O3/c1-11-9-19(35-18-8-7-14(10-15(18)25)24(28,29)30)12(2)13(3)21(11)31-23(34)32-22(33)20-16(26)5-4-6-17(20)27/h4-10H,1-3H3,(H2,31,32,33,34). The van der Waals surface area contributed by atoms with Crippen molar-refractivity contribution in [1.82, 2.24) is 5.32 Å². The Labute approximate surface area is 201 Å². The van der Waals surface area contributed by atoms with Gasteiger partial charge in [0.25, 0.3) is 5.91 Å². The lowest BCUT2D eigenvalue weighted by Crippen LogP contribution is -2.35. The van der Waals surface area contributed by atoms with Gasteiger partial charge in [-0.15, -0.1) is 0 Å². The Hall–Kier alpha value is -3.66. The molecule has 184 valence electrons. The number of anilines is 1. The van der Waals surface area contributed by atoms with Gasteiger partial charge >= 0.3 is 12.2 Å². The first-order chi connectivity index (χ1) is 16.3. The van der Waals surface area contributed by atoms with Gasteiger partial charge in [-0.3, -0.25) is 10.1 Å². The van der Waals surface area contributed by atoms with Crippen LogP contribution >= 0.6 is 11.6 Å². The quantitative estimate of drug-likeness (QED) is 0.360. The predicted molar refractivity (Wildman–Crippen MR) is 120 cm³/mol. The molecule has 0 aliphatic rings. The number of alkyl halides is 3. The Morgan fingerprint density at radius 2 is 1.54 bits per heavy atom. The molecule has 0 bridgehead atoms. The minimum absolute atomic E-state index is 0.00229. The van der Waals surface area contributed by atoms with E-state index in [0.29, 0.717) is 22.4 Å². The van der Waals surface area contributed by atoms with E-state index < -0.39 is 40.9 Å². The second-order valence-corrected chi connectivity index (χ2v) is 7.97. The fraction of sp³-hybridized carbons (Fsp3) is 0.167. The van der Waals surface area contributed by atoms with Crippen LogP contribution in [0.1, 0.15) is 32.6 Å². The molecule has 3 rings (SSSR count). The highest BCUT2D eigenvalue weighted by molar-refractivity contribution is 6.32. The third kappa shape index (κ3) is 5.71. The molecule has 0 aliphatic heterocycles. The van der Waals surface area contributed by atoms with Crippen LogP contribution in [0.25, 0.3) is 0 Å². The molecule has 0 radical (unpaired) electrons. The molecule has 0 atom stereocenters. The van der Waals surface area contributed by atoms with Crippen LogP contribution in [0.5, 0.6) is 11.5 Å². The molecule has 0 saturated heterocycles. The fourth-order valence-electron chi connectivity index (χ4n) is 3.25. The predicted octanol–water partition coefficient (Wildman–Crippen LogP) is 7.32. The molecule has 3 aromatic carbocycles. The minimum atomic E-state index is -4.56. The van der Waals surface area contributed by atoms with E-state index in [0.717, 1.165) is 36.4 Å². The summed E-state index contributed by atoms with van der Waals surface area (Å²) in [6, 6.07) is 6.03. The molecule has 0 aliphatic carbocycles. The SMILES string of the molecule is Cc1cc(Oc2ccc(C(F)(F)F)cc2Cl)c(C)c(C)c1NC(=O)NC(=O)c1c(F)cccc1F. The average Bonchev–Trinajstić information content (AvgIpc) is 2.75. The number of halogens is 6. The van der Waals surface area contributed by atoms with Gasteiger partial charge < -0.3 is 10.1 Å². The van der Waals surface area contributed by atoms with Gasteiger partial charge in [-0.1, -0.05) is 17.7 Å². The topological polar surface area (TPSA) is 67.4 Å². The summed E-state index contributed by atoms with van der Waals surface area (Å²) in [6.07, 6.45) is -4.56. The maximum Gasteiger partial charge on any atom is 0.416 e. The maximum atomic E-state index is 13.8. The number of hydrogen-bond acceptors (Lipinski definition) is 3. The second-order valence-electron chi connectivity index (χ2n) is 7.57. The molecular weight excluding hydrogens is 495 g/mol. The summed E-state index contributed by atoms with van der Waals surface area (Å²) in [5.74, 6) is -3.24. The van der Waals surface area contributed by atoms with E-state index in [1.807, 2.05) is 5.32 Å². The number of amides is 3. The number of aryl methyl sites for hydroxylation is 1. The molecule has 0 unspecified atom stereocenters. The van der Waals surface area contributed by atoms with Crippen molar-refractivity contribution >= 4 is 29.2 Å². The van der Waals surface area contributed by atoms with Crippen molar-refractivity contribution in [3.8, 4) is 11.5 Å². The third-order valence-corrected chi connectivity index (χ3v) is 5.48. The van der Waals surface area contributed by atoms with Crippen LogP contribution < -0.4 is 15.4 Å². The van der Waals surface area contributed by atoms with Crippen molar-refractivity contribution in [1.29, 1.82) is 0 Å². The van der Waals surface area contributed by atoms with Crippen LogP contribution in [-0.2, 0) is 6.18 Å². The van der Waals surface area contributed by atoms with Crippen molar-refractivity contribution in [2.24, 2.45) is 0 Å². The van der Waals surface area contributed by atoms with Crippen LogP contribution in [0.15, 0.2) is 42.5 Å². The zero-order chi connectivity index (χ0) is 26.1. The van der Waals surface area contributed by atoms with Crippen molar-refractivity contribution in [2.45, 2.75) is 26.9 Å². The van der Waals surface area contributed by atoms with E-state index in [-0.39, 0.29) is 16.5 Å². The second kappa shape index (κ2) is 9.91. The molecule has 35 heavy (non-hydrogen) atoms. The fourth-order valence-corrected chi connectivity index (χ4v) is 3.47. The van der Waals surface area contributed by atoms with Gasteiger partial charge in [0.05, 0.1) is 10.6 Å². The highest BCUT2D eigenvalue weighted by Gasteiger charge is 2.31. The number of benzene rings is 3. The van der Waals surface area contributed by atoms with Gasteiger partial charge in [-0.25, -0.2) is 13.6 Å². The van der Waals surface area contributed by atoms with E-state index in [9.17, 15) is 31.5 Å². The zero-order valence-electron chi connectivity index (χ0n) is 18.5. The zero-order valence-corrected chi connectivity index (χ0v) is 19.3. The highest BCUT2D eigenvalue weighted by Crippen LogP contribution is 2.39. The van der Waals surface area contributed by atoms with E-state index in [1.165, 1.54) is 6.07 Å². The summed E-state index contributed by atoms with van der Waals surface area (Å²) < 4.78 is 71.9. The van der Waals surface area contributed by atoms with Gasteiger partial charge in [-0.05, 0) is 73.9 Å². The smallest absolute Gasteiger partial charge is 0.416 e. The summed E-state index contributed by atoms with van der Waals surface area (Å²) in [5.41, 5.74) is -0.00623.